The maximum atomic E-state index is 2.25. The van der Waals surface area contributed by atoms with Gasteiger partial charge in [0.15, 0.2) is 0 Å². The van der Waals surface area contributed by atoms with Crippen LogP contribution in [0.2, 0.25) is 0 Å². The van der Waals surface area contributed by atoms with Crippen LogP contribution >= 0.6 is 22.7 Å². The van der Waals surface area contributed by atoms with Crippen molar-refractivity contribution in [2.24, 2.45) is 0 Å². The Bertz CT molecular complexity index is 296. The molecule has 0 spiro atoms. The van der Waals surface area contributed by atoms with Crippen molar-refractivity contribution in [1.29, 1.82) is 0 Å². The summed E-state index contributed by atoms with van der Waals surface area (Å²) in [6.45, 7) is 0. The Morgan fingerprint density at radius 1 is 0.786 bits per heavy atom. The smallest absolute Gasteiger partial charge is 0.00613 e. The van der Waals surface area contributed by atoms with Crippen LogP contribution in [0.15, 0.2) is 33.7 Å². The highest BCUT2D eigenvalue weighted by atomic mass is 32.1. The fraction of sp³-hybridized carbons (Fsp3) is 0.333. The number of hydrogen-bond donors (Lipinski definition) is 0. The molecule has 0 saturated carbocycles. The Labute approximate surface area is 93.2 Å². The molecule has 0 unspecified atom stereocenters. The molecule has 0 fully saturated rings. The Hall–Kier alpha value is -0.600. The number of hydrogen-bond acceptors (Lipinski definition) is 2. The summed E-state index contributed by atoms with van der Waals surface area (Å²) in [7, 11) is 0. The monoisotopic (exact) mass is 222 g/mol. The van der Waals surface area contributed by atoms with Gasteiger partial charge in [-0.1, -0.05) is 0 Å². The van der Waals surface area contributed by atoms with E-state index in [0.29, 0.717) is 0 Å². The molecule has 0 aliphatic rings. The van der Waals surface area contributed by atoms with Gasteiger partial charge in [0.25, 0.3) is 0 Å². The Morgan fingerprint density at radius 2 is 1.29 bits per heavy atom. The van der Waals surface area contributed by atoms with E-state index in [1.54, 1.807) is 22.7 Å². The van der Waals surface area contributed by atoms with E-state index in [0.717, 1.165) is 0 Å². The first-order valence-electron chi connectivity index (χ1n) is 4.97. The Kier molecular flexibility index (Phi) is 3.78. The minimum atomic E-state index is 1.24. The summed E-state index contributed by atoms with van der Waals surface area (Å²) in [6.07, 6.45) is 5.11. The van der Waals surface area contributed by atoms with Crippen molar-refractivity contribution < 1.29 is 0 Å². The molecule has 0 radical (unpaired) electrons. The molecule has 74 valence electrons. The van der Waals surface area contributed by atoms with E-state index in [1.165, 1.54) is 36.8 Å². The quantitative estimate of drug-likeness (QED) is 0.659. The average Bonchev–Trinajstić information content (AvgIpc) is 2.86. The lowest BCUT2D eigenvalue weighted by Crippen LogP contribution is -1.85. The topological polar surface area (TPSA) is 0 Å². The molecule has 2 aromatic rings. The second kappa shape index (κ2) is 5.32. The third-order valence-electron chi connectivity index (χ3n) is 2.34. The van der Waals surface area contributed by atoms with E-state index in [4.69, 9.17) is 0 Å². The van der Waals surface area contributed by atoms with Crippen molar-refractivity contribution in [2.45, 2.75) is 25.7 Å². The first-order chi connectivity index (χ1) is 6.95. The molecule has 2 aromatic heterocycles. The summed E-state index contributed by atoms with van der Waals surface area (Å²) >= 11 is 3.59. The molecular formula is C12H14S2. The maximum absolute atomic E-state index is 2.25. The van der Waals surface area contributed by atoms with Crippen LogP contribution in [0, 0.1) is 0 Å². The minimum Gasteiger partial charge on any atom is -0.152 e. The maximum Gasteiger partial charge on any atom is -0.00613 e. The van der Waals surface area contributed by atoms with Gasteiger partial charge >= 0.3 is 0 Å². The van der Waals surface area contributed by atoms with Gasteiger partial charge in [0.05, 0.1) is 0 Å². The predicted octanol–water partition coefficient (Wildman–Crippen LogP) is 4.38. The highest BCUT2D eigenvalue weighted by molar-refractivity contribution is 7.08. The van der Waals surface area contributed by atoms with Crippen LogP contribution in [0.3, 0.4) is 0 Å². The number of rotatable bonds is 5. The van der Waals surface area contributed by atoms with Crippen LogP contribution in [-0.2, 0) is 12.8 Å². The van der Waals surface area contributed by atoms with Crippen molar-refractivity contribution in [3.8, 4) is 0 Å². The molecule has 2 rings (SSSR count). The van der Waals surface area contributed by atoms with E-state index < -0.39 is 0 Å². The van der Waals surface area contributed by atoms with E-state index in [2.05, 4.69) is 33.7 Å². The molecule has 0 N–H and O–H groups in total. The molecular weight excluding hydrogens is 208 g/mol. The predicted molar refractivity (Wildman–Crippen MR) is 65.3 cm³/mol. The van der Waals surface area contributed by atoms with E-state index >= 15 is 0 Å². The van der Waals surface area contributed by atoms with Gasteiger partial charge in [-0.15, -0.1) is 0 Å². The lowest BCUT2D eigenvalue weighted by atomic mass is 10.1. The van der Waals surface area contributed by atoms with Crippen molar-refractivity contribution >= 4 is 22.7 Å². The molecule has 0 aromatic carbocycles. The van der Waals surface area contributed by atoms with Gasteiger partial charge in [-0.3, -0.25) is 0 Å². The van der Waals surface area contributed by atoms with Gasteiger partial charge < -0.3 is 0 Å². The summed E-state index contributed by atoms with van der Waals surface area (Å²) in [5, 5.41) is 8.83. The minimum absolute atomic E-state index is 1.24. The van der Waals surface area contributed by atoms with Gasteiger partial charge in [0, 0.05) is 0 Å². The highest BCUT2D eigenvalue weighted by Gasteiger charge is 1.95. The molecule has 0 aliphatic carbocycles. The second-order valence-corrected chi connectivity index (χ2v) is 5.03. The summed E-state index contributed by atoms with van der Waals surface area (Å²) in [6, 6.07) is 4.46. The van der Waals surface area contributed by atoms with Crippen molar-refractivity contribution in [1.82, 2.24) is 0 Å². The summed E-state index contributed by atoms with van der Waals surface area (Å²) in [4.78, 5) is 0. The van der Waals surface area contributed by atoms with Crippen LogP contribution in [0.1, 0.15) is 24.0 Å². The first-order valence-corrected chi connectivity index (χ1v) is 6.86. The van der Waals surface area contributed by atoms with Crippen molar-refractivity contribution in [3.63, 3.8) is 0 Å². The van der Waals surface area contributed by atoms with Gasteiger partial charge in [-0.2, -0.15) is 22.7 Å². The zero-order valence-corrected chi connectivity index (χ0v) is 9.74. The van der Waals surface area contributed by atoms with Gasteiger partial charge in [-0.25, -0.2) is 0 Å². The lowest BCUT2D eigenvalue weighted by molar-refractivity contribution is 0.737. The van der Waals surface area contributed by atoms with Crippen molar-refractivity contribution in [3.05, 3.63) is 44.8 Å². The fourth-order valence-electron chi connectivity index (χ4n) is 1.53. The summed E-state index contributed by atoms with van der Waals surface area (Å²) in [5.41, 5.74) is 3.00. The number of unbranched alkanes of at least 4 members (excludes halogenated alkanes) is 1. The van der Waals surface area contributed by atoms with Crippen LogP contribution in [0.5, 0.6) is 0 Å². The number of thiophene rings is 2. The van der Waals surface area contributed by atoms with Gasteiger partial charge in [0.2, 0.25) is 0 Å². The zero-order chi connectivity index (χ0) is 9.64. The third kappa shape index (κ3) is 2.96. The SMILES string of the molecule is c1cc(CCCCc2ccsc2)cs1. The molecule has 0 atom stereocenters. The van der Waals surface area contributed by atoms with Crippen molar-refractivity contribution in [2.75, 3.05) is 0 Å². The molecule has 0 nitrogen and oxygen atoms in total. The molecule has 2 heterocycles. The largest absolute Gasteiger partial charge is 0.152 e. The Balaban J connectivity index is 1.65. The first kappa shape index (κ1) is 9.94. The summed E-state index contributed by atoms with van der Waals surface area (Å²) in [5.74, 6) is 0. The number of aryl methyl sites for hydroxylation is 2. The van der Waals surface area contributed by atoms with E-state index in [9.17, 15) is 0 Å². The van der Waals surface area contributed by atoms with Gasteiger partial charge in [-0.05, 0) is 70.5 Å². The molecule has 0 saturated heterocycles. The molecule has 2 heteroatoms. The molecule has 0 bridgehead atoms. The van der Waals surface area contributed by atoms with Crippen LogP contribution in [0.25, 0.3) is 0 Å². The third-order valence-corrected chi connectivity index (χ3v) is 3.81. The molecule has 0 amide bonds. The van der Waals surface area contributed by atoms with Crippen LogP contribution < -0.4 is 0 Å². The average molecular weight is 222 g/mol. The van der Waals surface area contributed by atoms with E-state index in [-0.39, 0.29) is 0 Å². The van der Waals surface area contributed by atoms with Crippen LogP contribution in [0.4, 0.5) is 0 Å². The Morgan fingerprint density at radius 3 is 1.64 bits per heavy atom. The van der Waals surface area contributed by atoms with Crippen LogP contribution in [-0.4, -0.2) is 0 Å². The lowest BCUT2D eigenvalue weighted by Gasteiger charge is -1.97. The van der Waals surface area contributed by atoms with Gasteiger partial charge in [0.1, 0.15) is 0 Å². The second-order valence-electron chi connectivity index (χ2n) is 3.47. The normalized spacial score (nSPS) is 10.6. The standard InChI is InChI=1S/C12H14S2/c1(3-11-5-7-13-9-11)2-4-12-6-8-14-10-12/h5-10H,1-4H2. The molecule has 0 aliphatic heterocycles. The highest BCUT2D eigenvalue weighted by Crippen LogP contribution is 2.13. The van der Waals surface area contributed by atoms with E-state index in [1.807, 2.05) is 0 Å². The zero-order valence-electron chi connectivity index (χ0n) is 8.11. The molecule has 14 heavy (non-hydrogen) atoms. The fourth-order valence-corrected chi connectivity index (χ4v) is 2.93. The summed E-state index contributed by atoms with van der Waals surface area (Å²) < 4.78 is 0.